The summed E-state index contributed by atoms with van der Waals surface area (Å²) in [7, 11) is 0. The number of amides is 3. The van der Waals surface area contributed by atoms with Crippen molar-refractivity contribution in [3.63, 3.8) is 0 Å². The highest BCUT2D eigenvalue weighted by Gasteiger charge is 2.30. The van der Waals surface area contributed by atoms with Crippen molar-refractivity contribution in [3.05, 3.63) is 18.2 Å². The van der Waals surface area contributed by atoms with Crippen LogP contribution in [0.1, 0.15) is 37.8 Å². The maximum absolute atomic E-state index is 13.3. The first-order valence-corrected chi connectivity index (χ1v) is 14.3. The van der Waals surface area contributed by atoms with Gasteiger partial charge < -0.3 is 54.7 Å². The number of H-pyrrole nitrogens is 1. The monoisotopic (exact) mass is 598 g/mol. The van der Waals surface area contributed by atoms with Crippen molar-refractivity contribution >= 4 is 47.4 Å². The predicted molar refractivity (Wildman–Crippen MR) is 157 cm³/mol. The second-order valence-electron chi connectivity index (χ2n) is 9.09. The van der Waals surface area contributed by atoms with Gasteiger partial charge in [-0.25, -0.2) is 9.78 Å². The maximum atomic E-state index is 13.3. The maximum Gasteiger partial charge on any atom is 0.326 e. The van der Waals surface area contributed by atoms with Gasteiger partial charge in [0.05, 0.1) is 12.4 Å². The Bertz CT molecular complexity index is 1030. The van der Waals surface area contributed by atoms with E-state index in [2.05, 4.69) is 35.9 Å². The molecule has 0 aliphatic heterocycles. The molecule has 18 heteroatoms. The highest BCUT2D eigenvalue weighted by Crippen LogP contribution is 2.07. The molecule has 0 radical (unpaired) electrons. The average molecular weight is 599 g/mol. The van der Waals surface area contributed by atoms with Gasteiger partial charge in [0, 0.05) is 31.4 Å². The third-order valence-corrected chi connectivity index (χ3v) is 6.36. The van der Waals surface area contributed by atoms with E-state index in [0.717, 1.165) is 0 Å². The van der Waals surface area contributed by atoms with E-state index in [-0.39, 0.29) is 57.1 Å². The number of guanidine groups is 2. The van der Waals surface area contributed by atoms with Crippen LogP contribution in [0.3, 0.4) is 0 Å². The molecule has 1 aromatic heterocycles. The van der Waals surface area contributed by atoms with Crippen LogP contribution in [0, 0.1) is 0 Å². The number of carboxylic acids is 1. The summed E-state index contributed by atoms with van der Waals surface area (Å²) in [6, 6.07) is -4.33. The first kappa shape index (κ1) is 35.0. The highest BCUT2D eigenvalue weighted by molar-refractivity contribution is 7.98. The van der Waals surface area contributed by atoms with Crippen LogP contribution in [-0.2, 0) is 25.6 Å². The molecule has 0 fully saturated rings. The molecule has 0 aliphatic rings. The van der Waals surface area contributed by atoms with E-state index in [1.807, 2.05) is 6.26 Å². The summed E-state index contributed by atoms with van der Waals surface area (Å²) >= 11 is 1.47. The van der Waals surface area contributed by atoms with Gasteiger partial charge in [-0.05, 0) is 44.1 Å². The van der Waals surface area contributed by atoms with E-state index in [4.69, 9.17) is 28.7 Å². The molecule has 1 aromatic rings. The zero-order valence-corrected chi connectivity index (χ0v) is 23.9. The number of hydrogen-bond acceptors (Lipinski definition) is 9. The number of aromatic nitrogens is 2. The van der Waals surface area contributed by atoms with E-state index >= 15 is 0 Å². The van der Waals surface area contributed by atoms with Gasteiger partial charge in [0.25, 0.3) is 0 Å². The van der Waals surface area contributed by atoms with E-state index in [1.165, 1.54) is 18.1 Å². The fourth-order valence-corrected chi connectivity index (χ4v) is 4.06. The zero-order chi connectivity index (χ0) is 30.8. The number of nitrogens with two attached hydrogens (primary N) is 5. The Labute approximate surface area is 242 Å². The van der Waals surface area contributed by atoms with Crippen LogP contribution in [0.25, 0.3) is 0 Å². The summed E-state index contributed by atoms with van der Waals surface area (Å²) in [6.07, 6.45) is 6.03. The van der Waals surface area contributed by atoms with E-state index in [0.29, 0.717) is 17.9 Å². The second-order valence-corrected chi connectivity index (χ2v) is 10.1. The molecule has 1 heterocycles. The number of imidazole rings is 1. The van der Waals surface area contributed by atoms with Crippen LogP contribution in [0.2, 0.25) is 0 Å². The van der Waals surface area contributed by atoms with Gasteiger partial charge in [-0.15, -0.1) is 0 Å². The number of carboxylic acid groups (broad SMARTS) is 1. The van der Waals surface area contributed by atoms with Crippen molar-refractivity contribution in [1.82, 2.24) is 25.9 Å². The van der Waals surface area contributed by atoms with E-state index < -0.39 is 47.9 Å². The molecule has 41 heavy (non-hydrogen) atoms. The summed E-state index contributed by atoms with van der Waals surface area (Å²) < 4.78 is 0. The first-order chi connectivity index (χ1) is 19.4. The number of thioether (sulfide) groups is 1. The number of aromatic amines is 1. The minimum atomic E-state index is -1.26. The minimum absolute atomic E-state index is 0.0488. The van der Waals surface area contributed by atoms with Gasteiger partial charge in [0.2, 0.25) is 17.7 Å². The molecule has 230 valence electrons. The molecule has 0 saturated heterocycles. The van der Waals surface area contributed by atoms with E-state index in [9.17, 15) is 24.3 Å². The Morgan fingerprint density at radius 2 is 1.41 bits per heavy atom. The quantitative estimate of drug-likeness (QED) is 0.0400. The Balaban J connectivity index is 2.98. The minimum Gasteiger partial charge on any atom is -0.480 e. The summed E-state index contributed by atoms with van der Waals surface area (Å²) in [5.74, 6) is -2.88. The van der Waals surface area contributed by atoms with Gasteiger partial charge in [-0.1, -0.05) is 0 Å². The SMILES string of the molecule is CSCCC(NC(=O)C(N)Cc1cnc[nH]1)C(=O)NC(CCCN=C(N)N)C(=O)NC(CCCN=C(N)N)C(=O)O. The van der Waals surface area contributed by atoms with Crippen molar-refractivity contribution in [2.24, 2.45) is 38.7 Å². The fraction of sp³-hybridized carbons (Fsp3) is 0.609. The molecular formula is C23H42N12O5S. The van der Waals surface area contributed by atoms with Crippen LogP contribution in [0.4, 0.5) is 0 Å². The Hall–Kier alpha value is -4.06. The lowest BCUT2D eigenvalue weighted by Crippen LogP contribution is -2.57. The van der Waals surface area contributed by atoms with Crippen LogP contribution in [-0.4, -0.2) is 99.9 Å². The molecule has 4 unspecified atom stereocenters. The third-order valence-electron chi connectivity index (χ3n) is 5.71. The summed E-state index contributed by atoms with van der Waals surface area (Å²) in [5, 5.41) is 17.3. The normalized spacial score (nSPS) is 13.6. The Morgan fingerprint density at radius 1 is 0.902 bits per heavy atom. The number of aliphatic carboxylic acids is 1. The molecule has 0 saturated carbocycles. The fourth-order valence-electron chi connectivity index (χ4n) is 3.59. The summed E-state index contributed by atoms with van der Waals surface area (Å²) in [5.41, 5.74) is 27.9. The molecule has 15 N–H and O–H groups in total. The predicted octanol–water partition coefficient (Wildman–Crippen LogP) is -3.32. The van der Waals surface area contributed by atoms with Crippen molar-refractivity contribution in [2.45, 2.75) is 62.7 Å². The molecule has 17 nitrogen and oxygen atoms in total. The smallest absolute Gasteiger partial charge is 0.326 e. The molecule has 0 aliphatic carbocycles. The highest BCUT2D eigenvalue weighted by atomic mass is 32.2. The Kier molecular flexibility index (Phi) is 16.3. The topological polar surface area (TPSA) is 308 Å². The van der Waals surface area contributed by atoms with Crippen LogP contribution < -0.4 is 44.6 Å². The molecule has 0 aromatic carbocycles. The lowest BCUT2D eigenvalue weighted by atomic mass is 10.1. The molecule has 0 bridgehead atoms. The molecular weight excluding hydrogens is 556 g/mol. The number of carbonyl (C=O) groups excluding carboxylic acids is 3. The lowest BCUT2D eigenvalue weighted by molar-refractivity contribution is -0.142. The van der Waals surface area contributed by atoms with Crippen molar-refractivity contribution in [2.75, 3.05) is 25.1 Å². The van der Waals surface area contributed by atoms with Crippen LogP contribution >= 0.6 is 11.8 Å². The number of rotatable bonds is 20. The van der Waals surface area contributed by atoms with Crippen LogP contribution in [0.15, 0.2) is 22.5 Å². The standard InChI is InChI=1S/C23H42N12O5S/c1-41-9-6-16(33-18(36)14(24)10-13-11-29-12-32-13)20(38)34-15(4-2-7-30-22(25)26)19(37)35-17(21(39)40)5-3-8-31-23(27)28/h11-12,14-17H,2-10,24H2,1H3,(H,29,32)(H,33,36)(H,34,38)(H,35,37)(H,39,40)(H4,25,26,30)(H4,27,28,31). The number of nitrogens with zero attached hydrogens (tertiary/aromatic N) is 3. The lowest BCUT2D eigenvalue weighted by Gasteiger charge is -2.25. The second kappa shape index (κ2) is 19.1. The zero-order valence-electron chi connectivity index (χ0n) is 23.0. The van der Waals surface area contributed by atoms with E-state index in [1.54, 1.807) is 6.20 Å². The molecule has 0 spiro atoms. The van der Waals surface area contributed by atoms with Gasteiger partial charge >= 0.3 is 5.97 Å². The van der Waals surface area contributed by atoms with Crippen LogP contribution in [0.5, 0.6) is 0 Å². The summed E-state index contributed by atoms with van der Waals surface area (Å²) in [4.78, 5) is 65.4. The van der Waals surface area contributed by atoms with Gasteiger partial charge in [0.1, 0.15) is 18.1 Å². The third kappa shape index (κ3) is 14.8. The van der Waals surface area contributed by atoms with Gasteiger partial charge in [-0.2, -0.15) is 11.8 Å². The number of nitrogens with one attached hydrogen (secondary N) is 4. The number of hydrogen-bond donors (Lipinski definition) is 10. The van der Waals surface area contributed by atoms with Crippen molar-refractivity contribution in [1.29, 1.82) is 0 Å². The van der Waals surface area contributed by atoms with Crippen molar-refractivity contribution in [3.8, 4) is 0 Å². The molecule has 4 atom stereocenters. The average Bonchev–Trinajstić information content (AvgIpc) is 3.42. The number of carbonyl (C=O) groups is 4. The molecule has 1 rings (SSSR count). The summed E-state index contributed by atoms with van der Waals surface area (Å²) in [6.45, 7) is 0.359. The molecule has 3 amide bonds. The van der Waals surface area contributed by atoms with Gasteiger partial charge in [-0.3, -0.25) is 24.4 Å². The largest absolute Gasteiger partial charge is 0.480 e. The first-order valence-electron chi connectivity index (χ1n) is 12.9. The Morgan fingerprint density at radius 3 is 1.90 bits per heavy atom. The van der Waals surface area contributed by atoms with Gasteiger partial charge in [0.15, 0.2) is 11.9 Å². The van der Waals surface area contributed by atoms with Crippen molar-refractivity contribution < 1.29 is 24.3 Å². The number of aliphatic imine (C=N–C) groups is 2.